The standard InChI is InChI=1S/C37H35N3O6S/c1-5-44-28-18-16-25(17-19-28)33-32(36(43)46-7-3)23(4)38-37-40(33)34(41)31(47-37)20-27-22-39(30-11-9-8-10-29(27)30)21-24-12-14-26(15-13-24)35(42)45-6-2/h8-20,22,33H,5-7,21H2,1-4H3/b31-20-/t33-/m0/s1. The second-order valence-corrected chi connectivity index (χ2v) is 12.0. The van der Waals surface area contributed by atoms with Crippen LogP contribution in [-0.2, 0) is 20.8 Å². The normalized spacial score (nSPS) is 14.6. The molecule has 0 amide bonds. The number of rotatable bonds is 10. The van der Waals surface area contributed by atoms with E-state index in [1.54, 1.807) is 37.5 Å². The minimum atomic E-state index is -0.706. The average Bonchev–Trinajstić information content (AvgIpc) is 3.57. The third-order valence-electron chi connectivity index (χ3n) is 7.95. The fraction of sp³-hybridized carbons (Fsp3) is 0.243. The monoisotopic (exact) mass is 649 g/mol. The molecule has 10 heteroatoms. The van der Waals surface area contributed by atoms with Crippen molar-refractivity contribution in [1.82, 2.24) is 9.13 Å². The summed E-state index contributed by atoms with van der Waals surface area (Å²) in [4.78, 5) is 44.8. The van der Waals surface area contributed by atoms with E-state index in [-0.39, 0.29) is 18.1 Å². The van der Waals surface area contributed by atoms with Gasteiger partial charge in [0.15, 0.2) is 4.80 Å². The van der Waals surface area contributed by atoms with Gasteiger partial charge in [-0.15, -0.1) is 0 Å². The van der Waals surface area contributed by atoms with E-state index in [9.17, 15) is 14.4 Å². The van der Waals surface area contributed by atoms with Crippen LogP contribution in [0, 0.1) is 0 Å². The molecule has 2 aromatic heterocycles. The molecule has 0 saturated heterocycles. The Kier molecular flexibility index (Phi) is 9.22. The van der Waals surface area contributed by atoms with Crippen LogP contribution < -0.4 is 19.6 Å². The van der Waals surface area contributed by atoms with Crippen LogP contribution in [0.3, 0.4) is 0 Å². The Morgan fingerprint density at radius 2 is 1.60 bits per heavy atom. The van der Waals surface area contributed by atoms with Crippen molar-refractivity contribution in [3.05, 3.63) is 132 Å². The molecule has 0 aliphatic carbocycles. The van der Waals surface area contributed by atoms with E-state index >= 15 is 0 Å². The van der Waals surface area contributed by atoms with Gasteiger partial charge in [-0.2, -0.15) is 0 Å². The maximum Gasteiger partial charge on any atom is 0.338 e. The number of para-hydroxylation sites is 1. The van der Waals surface area contributed by atoms with Gasteiger partial charge in [0, 0.05) is 29.2 Å². The van der Waals surface area contributed by atoms with Crippen molar-refractivity contribution < 1.29 is 23.8 Å². The smallest absolute Gasteiger partial charge is 0.338 e. The second kappa shape index (κ2) is 13.6. The van der Waals surface area contributed by atoms with E-state index in [4.69, 9.17) is 19.2 Å². The molecule has 6 rings (SSSR count). The highest BCUT2D eigenvalue weighted by Gasteiger charge is 2.33. The Balaban J connectivity index is 1.43. The average molecular weight is 650 g/mol. The first-order valence-corrected chi connectivity index (χ1v) is 16.4. The predicted molar refractivity (Wildman–Crippen MR) is 181 cm³/mol. The van der Waals surface area contributed by atoms with Gasteiger partial charge in [0.05, 0.1) is 47.2 Å². The Morgan fingerprint density at radius 1 is 0.894 bits per heavy atom. The maximum atomic E-state index is 14.2. The summed E-state index contributed by atoms with van der Waals surface area (Å²) in [5.41, 5.74) is 4.77. The number of hydrogen-bond acceptors (Lipinski definition) is 8. The van der Waals surface area contributed by atoms with Crippen LogP contribution in [0.4, 0.5) is 0 Å². The number of fused-ring (bicyclic) bond motifs is 2. The van der Waals surface area contributed by atoms with E-state index < -0.39 is 12.0 Å². The van der Waals surface area contributed by atoms with Gasteiger partial charge < -0.3 is 18.8 Å². The summed E-state index contributed by atoms with van der Waals surface area (Å²) in [5, 5.41) is 0.993. The van der Waals surface area contributed by atoms with Crippen LogP contribution in [0.1, 0.15) is 60.8 Å². The van der Waals surface area contributed by atoms with Gasteiger partial charge in [-0.05, 0) is 75.2 Å². The minimum Gasteiger partial charge on any atom is -0.494 e. The molecule has 9 nitrogen and oxygen atoms in total. The van der Waals surface area contributed by atoms with E-state index in [1.807, 2.05) is 79.9 Å². The molecule has 0 radical (unpaired) electrons. The van der Waals surface area contributed by atoms with Gasteiger partial charge in [0.25, 0.3) is 5.56 Å². The van der Waals surface area contributed by atoms with Crippen LogP contribution in [0.2, 0.25) is 0 Å². The molecule has 1 atom stereocenters. The summed E-state index contributed by atoms with van der Waals surface area (Å²) in [6.45, 7) is 8.85. The molecule has 1 aliphatic heterocycles. The highest BCUT2D eigenvalue weighted by Crippen LogP contribution is 2.32. The Hall–Kier alpha value is -5.22. The SMILES string of the molecule is CCOC(=O)C1=C(C)N=c2s/c(=C\c3cn(Cc4ccc(C(=O)OCC)cc4)c4ccccc34)c(=O)n2[C@H]1c1ccc(OCC)cc1. The van der Waals surface area contributed by atoms with Crippen molar-refractivity contribution in [1.29, 1.82) is 0 Å². The lowest BCUT2D eigenvalue weighted by Gasteiger charge is -2.24. The summed E-state index contributed by atoms with van der Waals surface area (Å²) in [5.74, 6) is -0.141. The van der Waals surface area contributed by atoms with Gasteiger partial charge in [0.1, 0.15) is 5.75 Å². The number of carbonyl (C=O) groups is 2. The first kappa shape index (κ1) is 31.7. The number of hydrogen-bond donors (Lipinski definition) is 0. The lowest BCUT2D eigenvalue weighted by atomic mass is 9.96. The number of aromatic nitrogens is 2. The topological polar surface area (TPSA) is 101 Å². The summed E-state index contributed by atoms with van der Waals surface area (Å²) in [6, 6.07) is 22.1. The number of ether oxygens (including phenoxy) is 3. The quantitative estimate of drug-likeness (QED) is 0.189. The van der Waals surface area contributed by atoms with Crippen molar-refractivity contribution in [2.45, 2.75) is 40.3 Å². The van der Waals surface area contributed by atoms with Gasteiger partial charge in [-0.1, -0.05) is 53.8 Å². The molecule has 0 N–H and O–H groups in total. The lowest BCUT2D eigenvalue weighted by Crippen LogP contribution is -2.39. The molecule has 240 valence electrons. The van der Waals surface area contributed by atoms with Crippen LogP contribution in [0.5, 0.6) is 5.75 Å². The van der Waals surface area contributed by atoms with Gasteiger partial charge in [0.2, 0.25) is 0 Å². The van der Waals surface area contributed by atoms with E-state index in [1.165, 1.54) is 11.3 Å². The first-order valence-electron chi connectivity index (χ1n) is 15.6. The van der Waals surface area contributed by atoms with Gasteiger partial charge >= 0.3 is 11.9 Å². The second-order valence-electron chi connectivity index (χ2n) is 11.0. The van der Waals surface area contributed by atoms with Crippen molar-refractivity contribution in [3.8, 4) is 5.75 Å². The third-order valence-corrected chi connectivity index (χ3v) is 8.93. The number of carbonyl (C=O) groups excluding carboxylic acids is 2. The van der Waals surface area contributed by atoms with Crippen LogP contribution in [0.25, 0.3) is 17.0 Å². The highest BCUT2D eigenvalue weighted by molar-refractivity contribution is 7.07. The van der Waals surface area contributed by atoms with Crippen LogP contribution >= 0.6 is 11.3 Å². The molecular weight excluding hydrogens is 614 g/mol. The van der Waals surface area contributed by atoms with Crippen molar-refractivity contribution in [2.75, 3.05) is 19.8 Å². The minimum absolute atomic E-state index is 0.204. The van der Waals surface area contributed by atoms with E-state index in [2.05, 4.69) is 4.57 Å². The van der Waals surface area contributed by atoms with E-state index in [0.717, 1.165) is 27.6 Å². The van der Waals surface area contributed by atoms with Crippen molar-refractivity contribution >= 4 is 40.3 Å². The summed E-state index contributed by atoms with van der Waals surface area (Å²) in [6.07, 6.45) is 3.92. The molecule has 0 saturated carbocycles. The van der Waals surface area contributed by atoms with Gasteiger partial charge in [-0.3, -0.25) is 9.36 Å². The van der Waals surface area contributed by atoms with Crippen LogP contribution in [0.15, 0.2) is 100 Å². The maximum absolute atomic E-state index is 14.2. The molecule has 3 aromatic carbocycles. The van der Waals surface area contributed by atoms with Gasteiger partial charge in [-0.25, -0.2) is 14.6 Å². The molecule has 5 aromatic rings. The Morgan fingerprint density at radius 3 is 2.30 bits per heavy atom. The number of allylic oxidation sites excluding steroid dienone is 1. The Labute approximate surface area is 275 Å². The number of benzene rings is 3. The zero-order chi connectivity index (χ0) is 33.1. The Bertz CT molecular complexity index is 2170. The largest absolute Gasteiger partial charge is 0.494 e. The molecule has 1 aliphatic rings. The van der Waals surface area contributed by atoms with E-state index in [0.29, 0.717) is 51.7 Å². The number of esters is 2. The molecular formula is C37H35N3O6S. The van der Waals surface area contributed by atoms with Crippen molar-refractivity contribution in [2.24, 2.45) is 4.99 Å². The number of thiazole rings is 1. The predicted octanol–water partition coefficient (Wildman–Crippen LogP) is 5.38. The highest BCUT2D eigenvalue weighted by atomic mass is 32.1. The molecule has 3 heterocycles. The number of nitrogens with zero attached hydrogens (tertiary/aromatic N) is 3. The molecule has 0 spiro atoms. The fourth-order valence-corrected chi connectivity index (χ4v) is 6.88. The molecule has 0 unspecified atom stereocenters. The summed E-state index contributed by atoms with van der Waals surface area (Å²) < 4.78 is 20.4. The zero-order valence-electron chi connectivity index (χ0n) is 26.7. The summed E-state index contributed by atoms with van der Waals surface area (Å²) >= 11 is 1.29. The zero-order valence-corrected chi connectivity index (χ0v) is 27.5. The van der Waals surface area contributed by atoms with Crippen LogP contribution in [-0.4, -0.2) is 40.9 Å². The van der Waals surface area contributed by atoms with Crippen molar-refractivity contribution in [3.63, 3.8) is 0 Å². The summed E-state index contributed by atoms with van der Waals surface area (Å²) in [7, 11) is 0. The third kappa shape index (κ3) is 6.29. The fourth-order valence-electron chi connectivity index (χ4n) is 5.84. The first-order chi connectivity index (χ1) is 22.8. The lowest BCUT2D eigenvalue weighted by molar-refractivity contribution is -0.139. The molecule has 0 fully saturated rings. The molecule has 0 bridgehead atoms. The molecule has 47 heavy (non-hydrogen) atoms.